The number of fused-ring (bicyclic) bond motifs is 3. The Labute approximate surface area is 127 Å². The highest BCUT2D eigenvalue weighted by atomic mass is 16.3. The number of aromatic nitrogens is 2. The molecule has 0 atom stereocenters. The average Bonchev–Trinajstić information content (AvgIpc) is 2.96. The van der Waals surface area contributed by atoms with Gasteiger partial charge < -0.3 is 4.42 Å². The quantitative estimate of drug-likeness (QED) is 0.629. The van der Waals surface area contributed by atoms with Crippen LogP contribution >= 0.6 is 0 Å². The predicted molar refractivity (Wildman–Crippen MR) is 85.9 cm³/mol. The smallest absolute Gasteiger partial charge is 0.271 e. The van der Waals surface area contributed by atoms with E-state index in [1.54, 1.807) is 6.33 Å². The van der Waals surface area contributed by atoms with Crippen LogP contribution in [-0.2, 0) is 6.42 Å². The second-order valence-electron chi connectivity index (χ2n) is 5.26. The van der Waals surface area contributed by atoms with Crippen LogP contribution in [0.15, 0.2) is 65.3 Å². The summed E-state index contributed by atoms with van der Waals surface area (Å²) in [5, 5.41) is 3.16. The summed E-state index contributed by atoms with van der Waals surface area (Å²) in [5.74, 6) is 0.872. The maximum atomic E-state index is 5.93. The first-order valence-electron chi connectivity index (χ1n) is 7.41. The molecule has 0 saturated heterocycles. The lowest BCUT2D eigenvalue weighted by molar-refractivity contribution is -0.573. The van der Waals surface area contributed by atoms with Crippen LogP contribution in [0.5, 0.6) is 0 Å². The van der Waals surface area contributed by atoms with Crippen LogP contribution in [0.25, 0.3) is 22.1 Å². The molecule has 2 heterocycles. The van der Waals surface area contributed by atoms with Gasteiger partial charge in [0.15, 0.2) is 0 Å². The molecule has 0 bridgehead atoms. The van der Waals surface area contributed by atoms with Gasteiger partial charge in [0.05, 0.1) is 6.54 Å². The largest absolute Gasteiger partial charge is 0.446 e. The molecule has 0 aliphatic heterocycles. The van der Waals surface area contributed by atoms with Crippen molar-refractivity contribution in [3.63, 3.8) is 0 Å². The van der Waals surface area contributed by atoms with E-state index in [-0.39, 0.29) is 0 Å². The third kappa shape index (κ3) is 2.34. The molecular formula is C18H16N3O+. The van der Waals surface area contributed by atoms with E-state index < -0.39 is 0 Å². The number of hydrogen-bond donors (Lipinski definition) is 1. The molecule has 108 valence electrons. The molecule has 2 aromatic heterocycles. The van der Waals surface area contributed by atoms with Gasteiger partial charge >= 0.3 is 0 Å². The highest BCUT2D eigenvalue weighted by molar-refractivity contribution is 6.04. The monoisotopic (exact) mass is 290 g/mol. The molecule has 2 N–H and O–H groups in total. The third-order valence-electron chi connectivity index (χ3n) is 3.80. The van der Waals surface area contributed by atoms with Gasteiger partial charge in [-0.1, -0.05) is 42.5 Å². The van der Waals surface area contributed by atoms with Crippen molar-refractivity contribution in [2.24, 2.45) is 0 Å². The van der Waals surface area contributed by atoms with Gasteiger partial charge in [0.2, 0.25) is 5.58 Å². The maximum Gasteiger partial charge on any atom is 0.271 e. The molecule has 0 radical (unpaired) electrons. The number of furan rings is 1. The van der Waals surface area contributed by atoms with Crippen LogP contribution in [0.2, 0.25) is 0 Å². The van der Waals surface area contributed by atoms with Crippen LogP contribution in [0.1, 0.15) is 5.56 Å². The van der Waals surface area contributed by atoms with Crippen molar-refractivity contribution >= 4 is 27.9 Å². The molecule has 4 aromatic rings. The van der Waals surface area contributed by atoms with Crippen molar-refractivity contribution in [2.75, 3.05) is 6.54 Å². The number of nitrogens with two attached hydrogens (primary N) is 1. The molecule has 0 spiro atoms. The number of rotatable bonds is 4. The maximum absolute atomic E-state index is 5.93. The van der Waals surface area contributed by atoms with E-state index in [0.29, 0.717) is 0 Å². The molecule has 0 unspecified atom stereocenters. The second kappa shape index (κ2) is 5.58. The van der Waals surface area contributed by atoms with Crippen LogP contribution < -0.4 is 5.32 Å². The highest BCUT2D eigenvalue weighted by Crippen LogP contribution is 2.28. The fraction of sp³-hybridized carbons (Fsp3) is 0.111. The summed E-state index contributed by atoms with van der Waals surface area (Å²) in [6.07, 6.45) is 2.60. The third-order valence-corrected chi connectivity index (χ3v) is 3.80. The molecule has 22 heavy (non-hydrogen) atoms. The van der Waals surface area contributed by atoms with Gasteiger partial charge in [0.25, 0.3) is 5.82 Å². The van der Waals surface area contributed by atoms with E-state index >= 15 is 0 Å². The van der Waals surface area contributed by atoms with E-state index in [1.807, 2.05) is 30.3 Å². The zero-order valence-corrected chi connectivity index (χ0v) is 12.1. The fourth-order valence-electron chi connectivity index (χ4n) is 2.71. The lowest BCUT2D eigenvalue weighted by Crippen LogP contribution is -2.79. The van der Waals surface area contributed by atoms with Crippen molar-refractivity contribution in [1.82, 2.24) is 9.97 Å². The zero-order chi connectivity index (χ0) is 14.8. The summed E-state index contributed by atoms with van der Waals surface area (Å²) in [7, 11) is 0. The Balaban J connectivity index is 1.61. The van der Waals surface area contributed by atoms with Crippen LogP contribution in [0, 0.1) is 0 Å². The highest BCUT2D eigenvalue weighted by Gasteiger charge is 2.15. The molecule has 4 rings (SSSR count). The molecule has 0 amide bonds. The Bertz CT molecular complexity index is 915. The SMILES string of the molecule is c1ccc(CC[NH2+]c2ncnc3c2oc2ccccc23)cc1. The van der Waals surface area contributed by atoms with Gasteiger partial charge in [0, 0.05) is 11.8 Å². The summed E-state index contributed by atoms with van der Waals surface area (Å²) in [4.78, 5) is 8.74. The fourth-order valence-corrected chi connectivity index (χ4v) is 2.71. The Morgan fingerprint density at radius 2 is 1.73 bits per heavy atom. The molecule has 0 fully saturated rings. The number of hydrogen-bond acceptors (Lipinski definition) is 3. The summed E-state index contributed by atoms with van der Waals surface area (Å²) < 4.78 is 5.93. The van der Waals surface area contributed by atoms with Crippen molar-refractivity contribution in [3.8, 4) is 0 Å². The normalized spacial score (nSPS) is 11.3. The molecular weight excluding hydrogens is 274 g/mol. The molecule has 0 aliphatic carbocycles. The van der Waals surface area contributed by atoms with Crippen molar-refractivity contribution < 1.29 is 9.73 Å². The molecule has 0 aliphatic rings. The topological polar surface area (TPSA) is 55.5 Å². The lowest BCUT2D eigenvalue weighted by Gasteiger charge is -2.01. The average molecular weight is 290 g/mol. The molecule has 4 nitrogen and oxygen atoms in total. The summed E-state index contributed by atoms with van der Waals surface area (Å²) >= 11 is 0. The molecule has 0 saturated carbocycles. The van der Waals surface area contributed by atoms with E-state index in [0.717, 1.165) is 40.9 Å². The first-order chi connectivity index (χ1) is 10.9. The molecule has 2 aromatic carbocycles. The minimum atomic E-state index is 0.775. The van der Waals surface area contributed by atoms with E-state index in [4.69, 9.17) is 4.42 Å². The van der Waals surface area contributed by atoms with Crippen LogP contribution in [0.4, 0.5) is 5.82 Å². The number of nitrogens with zero attached hydrogens (tertiary/aromatic N) is 2. The van der Waals surface area contributed by atoms with Gasteiger partial charge in [-0.05, 0) is 17.7 Å². The summed E-state index contributed by atoms with van der Waals surface area (Å²) in [5.41, 5.74) is 3.85. The minimum Gasteiger partial charge on any atom is -0.446 e. The number of benzene rings is 2. The van der Waals surface area contributed by atoms with E-state index in [9.17, 15) is 0 Å². The van der Waals surface area contributed by atoms with Gasteiger partial charge in [-0.3, -0.25) is 5.32 Å². The van der Waals surface area contributed by atoms with Gasteiger partial charge in [-0.15, -0.1) is 0 Å². The Kier molecular flexibility index (Phi) is 3.29. The predicted octanol–water partition coefficient (Wildman–Crippen LogP) is 2.81. The number of quaternary nitrogens is 1. The first kappa shape index (κ1) is 13.0. The Morgan fingerprint density at radius 1 is 0.909 bits per heavy atom. The van der Waals surface area contributed by atoms with Crippen molar-refractivity contribution in [3.05, 3.63) is 66.5 Å². The Hall–Kier alpha value is -2.72. The van der Waals surface area contributed by atoms with Crippen molar-refractivity contribution in [1.29, 1.82) is 0 Å². The van der Waals surface area contributed by atoms with Crippen molar-refractivity contribution in [2.45, 2.75) is 6.42 Å². The minimum absolute atomic E-state index is 0.775. The van der Waals surface area contributed by atoms with Gasteiger partial charge in [0.1, 0.15) is 17.4 Å². The Morgan fingerprint density at radius 3 is 2.64 bits per heavy atom. The zero-order valence-electron chi connectivity index (χ0n) is 12.1. The molecule has 4 heteroatoms. The standard InChI is InChI=1S/C18H15N3O/c1-2-6-13(7-3-1)10-11-19-18-17-16(20-12-21-18)14-8-4-5-9-15(14)22-17/h1-9,12H,10-11H2,(H,19,20,21)/p+1. The van der Waals surface area contributed by atoms with E-state index in [2.05, 4.69) is 39.6 Å². The van der Waals surface area contributed by atoms with Gasteiger partial charge in [-0.25, -0.2) is 4.98 Å². The van der Waals surface area contributed by atoms with Crippen LogP contribution in [-0.4, -0.2) is 16.5 Å². The number of para-hydroxylation sites is 1. The first-order valence-corrected chi connectivity index (χ1v) is 7.41. The van der Waals surface area contributed by atoms with Crippen LogP contribution in [0.3, 0.4) is 0 Å². The second-order valence-corrected chi connectivity index (χ2v) is 5.26. The van der Waals surface area contributed by atoms with E-state index in [1.165, 1.54) is 5.56 Å². The van der Waals surface area contributed by atoms with Gasteiger partial charge in [-0.2, -0.15) is 4.98 Å². The summed E-state index contributed by atoms with van der Waals surface area (Å²) in [6.45, 7) is 0.924. The summed E-state index contributed by atoms with van der Waals surface area (Å²) in [6, 6.07) is 18.4. The lowest BCUT2D eigenvalue weighted by atomic mass is 10.1.